The van der Waals surface area contributed by atoms with Crippen molar-refractivity contribution in [1.29, 1.82) is 0 Å². The molecule has 0 unspecified atom stereocenters. The van der Waals surface area contributed by atoms with Gasteiger partial charge in [0.1, 0.15) is 8.07 Å². The van der Waals surface area contributed by atoms with Gasteiger partial charge in [0.25, 0.3) is 0 Å². The second kappa shape index (κ2) is 16.0. The van der Waals surface area contributed by atoms with Gasteiger partial charge in [-0.15, -0.1) is 0 Å². The van der Waals surface area contributed by atoms with E-state index < -0.39 is 8.07 Å². The molecule has 0 fully saturated rings. The molecule has 1 aliphatic rings. The molecule has 0 saturated heterocycles. The van der Waals surface area contributed by atoms with Crippen molar-refractivity contribution in [2.24, 2.45) is 0 Å². The van der Waals surface area contributed by atoms with Crippen molar-refractivity contribution in [3.05, 3.63) is 231 Å². The van der Waals surface area contributed by atoms with Crippen LogP contribution in [0.25, 0.3) is 101 Å². The number of aromatic nitrogens is 2. The predicted octanol–water partition coefficient (Wildman–Crippen LogP) is 14.6. The van der Waals surface area contributed by atoms with Crippen molar-refractivity contribution < 1.29 is 0 Å². The second-order valence-electron chi connectivity index (χ2n) is 17.0. The molecular formula is C60H44N2Si. The van der Waals surface area contributed by atoms with Crippen LogP contribution in [0.3, 0.4) is 0 Å². The van der Waals surface area contributed by atoms with Crippen molar-refractivity contribution in [3.8, 4) is 101 Å². The minimum Gasteiger partial charge on any atom is -0.228 e. The summed E-state index contributed by atoms with van der Waals surface area (Å²) in [6.07, 6.45) is 0. The van der Waals surface area contributed by atoms with E-state index in [0.29, 0.717) is 5.82 Å². The van der Waals surface area contributed by atoms with Crippen molar-refractivity contribution in [2.75, 3.05) is 0 Å². The summed E-state index contributed by atoms with van der Waals surface area (Å²) in [5.41, 5.74) is 19.6. The zero-order valence-corrected chi connectivity index (χ0v) is 36.3. The lowest BCUT2D eigenvalue weighted by Crippen LogP contribution is -2.49. The van der Waals surface area contributed by atoms with Crippen molar-refractivity contribution in [2.45, 2.75) is 13.1 Å². The Hall–Kier alpha value is -7.72. The van der Waals surface area contributed by atoms with E-state index in [0.717, 1.165) is 50.3 Å². The average Bonchev–Trinajstić information content (AvgIpc) is 3.60. The number of rotatable bonds is 8. The van der Waals surface area contributed by atoms with E-state index in [9.17, 15) is 0 Å². The smallest absolute Gasteiger partial charge is 0.160 e. The minimum atomic E-state index is -1.77. The fourth-order valence-electron chi connectivity index (χ4n) is 9.40. The Balaban J connectivity index is 0.940. The molecule has 0 spiro atoms. The maximum Gasteiger partial charge on any atom is 0.160 e. The van der Waals surface area contributed by atoms with E-state index in [1.807, 2.05) is 0 Å². The second-order valence-corrected chi connectivity index (χ2v) is 21.3. The quantitative estimate of drug-likeness (QED) is 0.143. The lowest BCUT2D eigenvalue weighted by atomic mass is 9.92. The SMILES string of the molecule is C[Si]1(C)c2ccccc2-c2c(-c3cccc(-c4cccc(-c5ccc(-c6nc(-c7cccc(-c8ccccc8)c7)cc(-c7cccc(-c8ccccc8)c7)n6)cc5)c4)c3)cccc21. The summed E-state index contributed by atoms with van der Waals surface area (Å²) in [5.74, 6) is 0.691. The van der Waals surface area contributed by atoms with Gasteiger partial charge in [0.05, 0.1) is 11.4 Å². The summed E-state index contributed by atoms with van der Waals surface area (Å²) in [7, 11) is -1.77. The Labute approximate surface area is 370 Å². The number of benzene rings is 9. The van der Waals surface area contributed by atoms with Gasteiger partial charge in [-0.05, 0) is 107 Å². The van der Waals surface area contributed by atoms with Crippen LogP contribution < -0.4 is 10.4 Å². The molecule has 1 aliphatic heterocycles. The summed E-state index contributed by atoms with van der Waals surface area (Å²) in [6, 6.07) is 83.0. The Morgan fingerprint density at radius 2 is 0.635 bits per heavy atom. The molecule has 0 radical (unpaired) electrons. The van der Waals surface area contributed by atoms with Crippen molar-refractivity contribution in [3.63, 3.8) is 0 Å². The Bertz CT molecular complexity index is 3200. The van der Waals surface area contributed by atoms with Crippen molar-refractivity contribution in [1.82, 2.24) is 9.97 Å². The first-order chi connectivity index (χ1) is 31.0. The number of hydrogen-bond acceptors (Lipinski definition) is 2. The van der Waals surface area contributed by atoms with E-state index >= 15 is 0 Å². The van der Waals surface area contributed by atoms with E-state index in [-0.39, 0.29) is 0 Å². The third-order valence-corrected chi connectivity index (χ3v) is 16.3. The molecule has 0 N–H and O–H groups in total. The van der Waals surface area contributed by atoms with Gasteiger partial charge in [0.15, 0.2) is 5.82 Å². The summed E-state index contributed by atoms with van der Waals surface area (Å²) in [5, 5.41) is 3.06. The average molecular weight is 821 g/mol. The summed E-state index contributed by atoms with van der Waals surface area (Å²) in [4.78, 5) is 10.5. The number of nitrogens with zero attached hydrogens (tertiary/aromatic N) is 2. The first kappa shape index (κ1) is 38.2. The number of fused-ring (bicyclic) bond motifs is 3. The fourth-order valence-corrected chi connectivity index (χ4v) is 12.5. The first-order valence-electron chi connectivity index (χ1n) is 21.7. The third-order valence-electron chi connectivity index (χ3n) is 12.7. The van der Waals surface area contributed by atoms with Gasteiger partial charge < -0.3 is 0 Å². The Morgan fingerprint density at radius 1 is 0.270 bits per heavy atom. The molecule has 0 saturated carbocycles. The highest BCUT2D eigenvalue weighted by Gasteiger charge is 2.38. The van der Waals surface area contributed by atoms with E-state index in [2.05, 4.69) is 244 Å². The van der Waals surface area contributed by atoms with Gasteiger partial charge >= 0.3 is 0 Å². The van der Waals surface area contributed by atoms with Crippen LogP contribution in [0.2, 0.25) is 13.1 Å². The molecule has 63 heavy (non-hydrogen) atoms. The molecule has 2 nitrogen and oxygen atoms in total. The molecule has 0 aliphatic carbocycles. The van der Waals surface area contributed by atoms with Crippen molar-refractivity contribution >= 4 is 18.4 Å². The van der Waals surface area contributed by atoms with Gasteiger partial charge in [0, 0.05) is 16.7 Å². The van der Waals surface area contributed by atoms with Gasteiger partial charge in [-0.2, -0.15) is 0 Å². The maximum atomic E-state index is 5.24. The van der Waals surface area contributed by atoms with Crippen LogP contribution in [-0.2, 0) is 0 Å². The maximum absolute atomic E-state index is 5.24. The van der Waals surface area contributed by atoms with Crippen LogP contribution in [0, 0.1) is 0 Å². The van der Waals surface area contributed by atoms with Gasteiger partial charge in [0.2, 0.25) is 0 Å². The number of hydrogen-bond donors (Lipinski definition) is 0. The summed E-state index contributed by atoms with van der Waals surface area (Å²) in [6.45, 7) is 4.96. The van der Waals surface area contributed by atoms with Gasteiger partial charge in [-0.1, -0.05) is 213 Å². The molecule has 2 heterocycles. The third kappa shape index (κ3) is 7.23. The van der Waals surface area contributed by atoms with Gasteiger partial charge in [-0.25, -0.2) is 9.97 Å². The lowest BCUT2D eigenvalue weighted by molar-refractivity contribution is 1.18. The van der Waals surface area contributed by atoms with E-state index in [1.54, 1.807) is 0 Å². The highest BCUT2D eigenvalue weighted by Crippen LogP contribution is 2.39. The monoisotopic (exact) mass is 820 g/mol. The normalized spacial score (nSPS) is 12.4. The van der Waals surface area contributed by atoms with Crippen LogP contribution >= 0.6 is 0 Å². The lowest BCUT2D eigenvalue weighted by Gasteiger charge is -2.19. The molecule has 0 atom stereocenters. The minimum absolute atomic E-state index is 0.691. The highest BCUT2D eigenvalue weighted by atomic mass is 28.3. The van der Waals surface area contributed by atoms with E-state index in [4.69, 9.17) is 9.97 Å². The molecule has 10 aromatic rings. The summed E-state index contributed by atoms with van der Waals surface area (Å²) >= 11 is 0. The zero-order valence-electron chi connectivity index (χ0n) is 35.3. The zero-order chi connectivity index (χ0) is 42.3. The molecule has 298 valence electrons. The first-order valence-corrected chi connectivity index (χ1v) is 24.7. The highest BCUT2D eigenvalue weighted by molar-refractivity contribution is 7.04. The van der Waals surface area contributed by atoms with Crippen LogP contribution in [0.5, 0.6) is 0 Å². The molecule has 0 amide bonds. The van der Waals surface area contributed by atoms with Gasteiger partial charge in [-0.3, -0.25) is 0 Å². The fraction of sp³-hybridized carbons (Fsp3) is 0.0333. The topological polar surface area (TPSA) is 25.8 Å². The van der Waals surface area contributed by atoms with E-state index in [1.165, 1.54) is 54.9 Å². The molecule has 3 heteroatoms. The standard InChI is InChI=1S/C60H44N2Si/c1-63(2)57-30-10-9-28-54(57)59-53(29-15-31-58(59)63)50-25-12-24-49(37-50)48-23-11-20-45(36-48)43-32-34-44(35-33-43)60-61-55(51-26-13-21-46(38-51)41-16-5-3-6-17-41)40-56(62-60)52-27-14-22-47(39-52)42-18-7-4-8-19-42/h3-40H,1-2H3. The molecular weight excluding hydrogens is 777 g/mol. The molecule has 1 aromatic heterocycles. The summed E-state index contributed by atoms with van der Waals surface area (Å²) < 4.78 is 0. The largest absolute Gasteiger partial charge is 0.228 e. The molecule has 0 bridgehead atoms. The predicted molar refractivity (Wildman–Crippen MR) is 268 cm³/mol. The van der Waals surface area contributed by atoms with Crippen LogP contribution in [0.15, 0.2) is 231 Å². The molecule has 9 aromatic carbocycles. The van der Waals surface area contributed by atoms with Crippen LogP contribution in [0.1, 0.15) is 0 Å². The Morgan fingerprint density at radius 3 is 1.21 bits per heavy atom. The van der Waals surface area contributed by atoms with Crippen LogP contribution in [-0.4, -0.2) is 18.0 Å². The van der Waals surface area contributed by atoms with Crippen LogP contribution in [0.4, 0.5) is 0 Å². The Kier molecular flexibility index (Phi) is 9.68. The molecule has 11 rings (SSSR count).